The van der Waals surface area contributed by atoms with E-state index in [9.17, 15) is 9.18 Å². The average Bonchev–Trinajstić information content (AvgIpc) is 2.47. The number of rotatable bonds is 5. The molecular formula is C17H17FN3O+. The summed E-state index contributed by atoms with van der Waals surface area (Å²) in [4.78, 5) is 12.9. The molecule has 0 spiro atoms. The van der Waals surface area contributed by atoms with Crippen molar-refractivity contribution in [3.8, 4) is 6.07 Å². The van der Waals surface area contributed by atoms with Gasteiger partial charge in [0.1, 0.15) is 12.4 Å². The second kappa shape index (κ2) is 7.34. The van der Waals surface area contributed by atoms with Crippen LogP contribution in [-0.4, -0.2) is 19.5 Å². The third-order valence-electron chi connectivity index (χ3n) is 3.13. The number of quaternary nitrogens is 1. The van der Waals surface area contributed by atoms with E-state index in [4.69, 9.17) is 5.26 Å². The van der Waals surface area contributed by atoms with E-state index in [1.165, 1.54) is 12.1 Å². The fraction of sp³-hybridized carbons (Fsp3) is 0.176. The van der Waals surface area contributed by atoms with E-state index in [1.54, 1.807) is 18.2 Å². The van der Waals surface area contributed by atoms with Crippen molar-refractivity contribution in [1.29, 1.82) is 5.26 Å². The molecule has 2 N–H and O–H groups in total. The summed E-state index contributed by atoms with van der Waals surface area (Å²) in [6, 6.07) is 15.2. The number of anilines is 1. The van der Waals surface area contributed by atoms with Crippen molar-refractivity contribution in [3.05, 3.63) is 65.5 Å². The molecule has 1 unspecified atom stereocenters. The van der Waals surface area contributed by atoms with Crippen molar-refractivity contribution in [2.24, 2.45) is 0 Å². The number of nitriles is 1. The molecule has 1 atom stereocenters. The molecule has 0 saturated heterocycles. The lowest BCUT2D eigenvalue weighted by Crippen LogP contribution is -3.08. The number of carbonyl (C=O) groups is 1. The Morgan fingerprint density at radius 1 is 1.27 bits per heavy atom. The van der Waals surface area contributed by atoms with Gasteiger partial charge in [0.05, 0.1) is 18.7 Å². The van der Waals surface area contributed by atoms with Crippen LogP contribution in [0.15, 0.2) is 48.5 Å². The highest BCUT2D eigenvalue weighted by Gasteiger charge is 2.11. The molecule has 0 aliphatic carbocycles. The zero-order valence-corrected chi connectivity index (χ0v) is 12.3. The monoisotopic (exact) mass is 298 g/mol. The fourth-order valence-corrected chi connectivity index (χ4v) is 2.21. The summed E-state index contributed by atoms with van der Waals surface area (Å²) in [7, 11) is 1.89. The first-order chi connectivity index (χ1) is 10.6. The number of nitrogens with zero attached hydrogens (tertiary/aromatic N) is 1. The summed E-state index contributed by atoms with van der Waals surface area (Å²) in [5.74, 6) is -0.564. The van der Waals surface area contributed by atoms with E-state index in [0.717, 1.165) is 10.5 Å². The minimum atomic E-state index is -0.383. The van der Waals surface area contributed by atoms with E-state index in [0.29, 0.717) is 17.8 Å². The Morgan fingerprint density at radius 2 is 2.05 bits per heavy atom. The third kappa shape index (κ3) is 4.69. The number of halogens is 1. The molecule has 0 heterocycles. The molecule has 0 saturated carbocycles. The zero-order chi connectivity index (χ0) is 15.9. The van der Waals surface area contributed by atoms with Gasteiger partial charge < -0.3 is 10.2 Å². The van der Waals surface area contributed by atoms with E-state index in [-0.39, 0.29) is 18.3 Å². The minimum Gasteiger partial charge on any atom is -0.326 e. The Bertz CT molecular complexity index is 709. The molecule has 0 aliphatic rings. The number of nitrogens with one attached hydrogen (secondary N) is 2. The van der Waals surface area contributed by atoms with Crippen LogP contribution in [0.25, 0.3) is 0 Å². The van der Waals surface area contributed by atoms with E-state index in [2.05, 4.69) is 11.4 Å². The number of hydrogen-bond acceptors (Lipinski definition) is 2. The van der Waals surface area contributed by atoms with Gasteiger partial charge in [-0.05, 0) is 30.3 Å². The normalized spacial score (nSPS) is 11.5. The first-order valence-electron chi connectivity index (χ1n) is 6.92. The van der Waals surface area contributed by atoms with Gasteiger partial charge in [0.15, 0.2) is 6.54 Å². The van der Waals surface area contributed by atoms with Gasteiger partial charge in [0, 0.05) is 11.3 Å². The molecule has 5 heteroatoms. The largest absolute Gasteiger partial charge is 0.326 e. The predicted molar refractivity (Wildman–Crippen MR) is 81.6 cm³/mol. The molecule has 22 heavy (non-hydrogen) atoms. The second-order valence-electron chi connectivity index (χ2n) is 5.18. The number of benzene rings is 2. The maximum Gasteiger partial charge on any atom is 0.279 e. The highest BCUT2D eigenvalue weighted by atomic mass is 19.1. The Hall–Kier alpha value is -2.71. The summed E-state index contributed by atoms with van der Waals surface area (Å²) >= 11 is 0. The Balaban J connectivity index is 1.89. The molecule has 0 aliphatic heterocycles. The lowest BCUT2D eigenvalue weighted by Gasteiger charge is -2.14. The van der Waals surface area contributed by atoms with E-state index in [1.807, 2.05) is 25.2 Å². The first-order valence-corrected chi connectivity index (χ1v) is 6.92. The van der Waals surface area contributed by atoms with Crippen molar-refractivity contribution < 1.29 is 14.1 Å². The molecule has 0 aromatic heterocycles. The van der Waals surface area contributed by atoms with Crippen molar-refractivity contribution >= 4 is 11.6 Å². The molecule has 0 fully saturated rings. The standard InChI is InChI=1S/C17H16FN3O/c1-21(11-14-5-2-4-13(8-14)10-19)12-17(22)20-16-7-3-6-15(18)9-16/h2-9H,11-12H2,1H3,(H,20,22)/p+1. The summed E-state index contributed by atoms with van der Waals surface area (Å²) in [5, 5.41) is 11.5. The van der Waals surface area contributed by atoms with Gasteiger partial charge in [-0.25, -0.2) is 4.39 Å². The zero-order valence-electron chi connectivity index (χ0n) is 12.3. The van der Waals surface area contributed by atoms with Crippen molar-refractivity contribution in [3.63, 3.8) is 0 Å². The van der Waals surface area contributed by atoms with Crippen LogP contribution in [0.3, 0.4) is 0 Å². The van der Waals surface area contributed by atoms with Crippen LogP contribution in [0.1, 0.15) is 11.1 Å². The van der Waals surface area contributed by atoms with Crippen LogP contribution >= 0.6 is 0 Å². The number of hydrogen-bond donors (Lipinski definition) is 2. The van der Waals surface area contributed by atoms with Crippen LogP contribution in [-0.2, 0) is 11.3 Å². The van der Waals surface area contributed by atoms with Crippen LogP contribution in [0.4, 0.5) is 10.1 Å². The van der Waals surface area contributed by atoms with Crippen LogP contribution < -0.4 is 10.2 Å². The van der Waals surface area contributed by atoms with Crippen LogP contribution in [0, 0.1) is 17.1 Å². The van der Waals surface area contributed by atoms with Gasteiger partial charge in [0.2, 0.25) is 0 Å². The molecule has 1 amide bonds. The summed E-state index contributed by atoms with van der Waals surface area (Å²) in [5.41, 5.74) is 2.05. The highest BCUT2D eigenvalue weighted by Crippen LogP contribution is 2.08. The summed E-state index contributed by atoms with van der Waals surface area (Å²) in [6.45, 7) is 0.888. The van der Waals surface area contributed by atoms with Crippen molar-refractivity contribution in [1.82, 2.24) is 0 Å². The topological polar surface area (TPSA) is 57.3 Å². The summed E-state index contributed by atoms with van der Waals surface area (Å²) < 4.78 is 13.1. The molecule has 0 bridgehead atoms. The van der Waals surface area contributed by atoms with Crippen molar-refractivity contribution in [2.45, 2.75) is 6.54 Å². The minimum absolute atomic E-state index is 0.181. The van der Waals surface area contributed by atoms with E-state index >= 15 is 0 Å². The number of amides is 1. The van der Waals surface area contributed by atoms with E-state index < -0.39 is 0 Å². The second-order valence-corrected chi connectivity index (χ2v) is 5.18. The summed E-state index contributed by atoms with van der Waals surface area (Å²) in [6.07, 6.45) is 0. The lowest BCUT2D eigenvalue weighted by molar-refractivity contribution is -0.885. The van der Waals surface area contributed by atoms with Gasteiger partial charge in [-0.2, -0.15) is 5.26 Å². The van der Waals surface area contributed by atoms with Gasteiger partial charge in [-0.3, -0.25) is 4.79 Å². The van der Waals surface area contributed by atoms with Crippen LogP contribution in [0.2, 0.25) is 0 Å². The Kier molecular flexibility index (Phi) is 5.23. The van der Waals surface area contributed by atoms with Gasteiger partial charge >= 0.3 is 0 Å². The number of carbonyl (C=O) groups excluding carboxylic acids is 1. The maximum atomic E-state index is 13.1. The number of likely N-dealkylation sites (N-methyl/N-ethyl adjacent to an activating group) is 1. The quantitative estimate of drug-likeness (QED) is 0.875. The molecule has 2 aromatic carbocycles. The SMILES string of the molecule is C[NH+](CC(=O)Nc1cccc(F)c1)Cc1cccc(C#N)c1. The van der Waals surface area contributed by atoms with Gasteiger partial charge in [-0.15, -0.1) is 0 Å². The highest BCUT2D eigenvalue weighted by molar-refractivity contribution is 5.91. The molecule has 2 rings (SSSR count). The van der Waals surface area contributed by atoms with Crippen LogP contribution in [0.5, 0.6) is 0 Å². The first kappa shape index (κ1) is 15.7. The average molecular weight is 298 g/mol. The van der Waals surface area contributed by atoms with Gasteiger partial charge in [0.25, 0.3) is 5.91 Å². The smallest absolute Gasteiger partial charge is 0.279 e. The Morgan fingerprint density at radius 3 is 2.77 bits per heavy atom. The van der Waals surface area contributed by atoms with Crippen molar-refractivity contribution in [2.75, 3.05) is 18.9 Å². The van der Waals surface area contributed by atoms with Gasteiger partial charge in [-0.1, -0.05) is 18.2 Å². The molecule has 4 nitrogen and oxygen atoms in total. The molecule has 0 radical (unpaired) electrons. The fourth-order valence-electron chi connectivity index (χ4n) is 2.21. The predicted octanol–water partition coefficient (Wildman–Crippen LogP) is 1.35. The Labute approximate surface area is 128 Å². The lowest BCUT2D eigenvalue weighted by atomic mass is 10.1. The molecule has 2 aromatic rings. The third-order valence-corrected chi connectivity index (χ3v) is 3.13. The molecule has 112 valence electrons. The molecular weight excluding hydrogens is 281 g/mol. The maximum absolute atomic E-state index is 13.1.